The fraction of sp³-hybridized carbons (Fsp3) is 0.182. The molecule has 0 aliphatic heterocycles. The van der Waals surface area contributed by atoms with Crippen LogP contribution in [-0.2, 0) is 0 Å². The van der Waals surface area contributed by atoms with E-state index in [-0.39, 0.29) is 0 Å². The second-order valence-corrected chi connectivity index (χ2v) is 4.01. The second kappa shape index (κ2) is 3.80. The van der Waals surface area contributed by atoms with E-state index < -0.39 is 0 Å². The quantitative estimate of drug-likeness (QED) is 0.721. The van der Waals surface area contributed by atoms with Crippen molar-refractivity contribution in [1.82, 2.24) is 0 Å². The number of hydrogen-bond donors (Lipinski definition) is 0. The van der Waals surface area contributed by atoms with Crippen LogP contribution in [0.4, 0.5) is 0 Å². The number of carbonyl (C=O) groups excluding carboxylic acids is 1. The summed E-state index contributed by atoms with van der Waals surface area (Å²) >= 11 is 1.49. The molecule has 0 saturated heterocycles. The highest BCUT2D eigenvalue weighted by molar-refractivity contribution is 7.20. The molecule has 1 aromatic carbocycles. The van der Waals surface area contributed by atoms with Crippen molar-refractivity contribution in [1.29, 1.82) is 0 Å². The summed E-state index contributed by atoms with van der Waals surface area (Å²) in [6, 6.07) is 7.76. The smallest absolute Gasteiger partial charge is 0.160 e. The van der Waals surface area contributed by atoms with Crippen molar-refractivity contribution in [3.63, 3.8) is 0 Å². The topological polar surface area (TPSA) is 26.3 Å². The minimum absolute atomic E-state index is 0.664. The third-order valence-corrected chi connectivity index (χ3v) is 2.96. The van der Waals surface area contributed by atoms with E-state index in [2.05, 4.69) is 0 Å². The van der Waals surface area contributed by atoms with E-state index in [1.807, 2.05) is 31.2 Å². The SMILES string of the molecule is CCOc1ccc2cc(C=O)sc2c1. The highest BCUT2D eigenvalue weighted by Crippen LogP contribution is 2.28. The summed E-state index contributed by atoms with van der Waals surface area (Å²) in [7, 11) is 0. The number of hydrogen-bond acceptors (Lipinski definition) is 3. The molecule has 14 heavy (non-hydrogen) atoms. The fourth-order valence-electron chi connectivity index (χ4n) is 1.35. The predicted molar refractivity (Wildman–Crippen MR) is 58.4 cm³/mol. The highest BCUT2D eigenvalue weighted by Gasteiger charge is 2.01. The van der Waals surface area contributed by atoms with Gasteiger partial charge in [0, 0.05) is 4.70 Å². The van der Waals surface area contributed by atoms with E-state index in [0.29, 0.717) is 6.61 Å². The van der Waals surface area contributed by atoms with Crippen LogP contribution in [0.25, 0.3) is 10.1 Å². The number of benzene rings is 1. The summed E-state index contributed by atoms with van der Waals surface area (Å²) in [5, 5.41) is 1.10. The largest absolute Gasteiger partial charge is 0.494 e. The molecule has 0 bridgehead atoms. The lowest BCUT2D eigenvalue weighted by atomic mass is 10.2. The number of thiophene rings is 1. The molecule has 72 valence electrons. The molecule has 0 N–H and O–H groups in total. The van der Waals surface area contributed by atoms with E-state index in [4.69, 9.17) is 4.74 Å². The average molecular weight is 206 g/mol. The Morgan fingerprint density at radius 3 is 3.00 bits per heavy atom. The summed E-state index contributed by atoms with van der Waals surface area (Å²) < 4.78 is 6.47. The molecule has 2 nitrogen and oxygen atoms in total. The highest BCUT2D eigenvalue weighted by atomic mass is 32.1. The van der Waals surface area contributed by atoms with Crippen molar-refractivity contribution < 1.29 is 9.53 Å². The Morgan fingerprint density at radius 2 is 2.29 bits per heavy atom. The van der Waals surface area contributed by atoms with Gasteiger partial charge in [0.2, 0.25) is 0 Å². The van der Waals surface area contributed by atoms with Crippen molar-refractivity contribution in [3.8, 4) is 5.75 Å². The Labute approximate surface area is 86.1 Å². The van der Waals surface area contributed by atoms with E-state index >= 15 is 0 Å². The maximum absolute atomic E-state index is 10.6. The van der Waals surface area contributed by atoms with Crippen LogP contribution in [0.5, 0.6) is 5.75 Å². The molecule has 1 aromatic heterocycles. The molecule has 3 heteroatoms. The standard InChI is InChI=1S/C11H10O2S/c1-2-13-9-4-3-8-5-10(7-12)14-11(8)6-9/h3-7H,2H2,1H3. The Balaban J connectivity index is 2.48. The van der Waals surface area contributed by atoms with Crippen LogP contribution in [0.3, 0.4) is 0 Å². The number of aldehydes is 1. The second-order valence-electron chi connectivity index (χ2n) is 2.90. The van der Waals surface area contributed by atoms with Crippen LogP contribution in [0, 0.1) is 0 Å². The van der Waals surface area contributed by atoms with Gasteiger partial charge in [-0.05, 0) is 36.6 Å². The van der Waals surface area contributed by atoms with Crippen molar-refractivity contribution in [2.75, 3.05) is 6.61 Å². The van der Waals surface area contributed by atoms with Gasteiger partial charge in [0.05, 0.1) is 11.5 Å². The zero-order valence-corrected chi connectivity index (χ0v) is 8.64. The molecule has 0 radical (unpaired) electrons. The summed E-state index contributed by atoms with van der Waals surface area (Å²) in [6.45, 7) is 2.62. The van der Waals surface area contributed by atoms with Gasteiger partial charge >= 0.3 is 0 Å². The summed E-state index contributed by atoms with van der Waals surface area (Å²) in [5.74, 6) is 0.860. The van der Waals surface area contributed by atoms with Gasteiger partial charge in [0.1, 0.15) is 5.75 Å². The molecule has 2 rings (SSSR count). The summed E-state index contributed by atoms with van der Waals surface area (Å²) in [5.41, 5.74) is 0. The van der Waals surface area contributed by atoms with Crippen molar-refractivity contribution in [2.45, 2.75) is 6.92 Å². The number of rotatable bonds is 3. The van der Waals surface area contributed by atoms with Crippen LogP contribution in [0.15, 0.2) is 24.3 Å². The maximum atomic E-state index is 10.6. The maximum Gasteiger partial charge on any atom is 0.160 e. The molecule has 0 amide bonds. The van der Waals surface area contributed by atoms with Gasteiger partial charge in [-0.2, -0.15) is 0 Å². The molecule has 0 spiro atoms. The Bertz CT molecular complexity index is 459. The van der Waals surface area contributed by atoms with Crippen LogP contribution in [-0.4, -0.2) is 12.9 Å². The molecular formula is C11H10O2S. The molecular weight excluding hydrogens is 196 g/mol. The van der Waals surface area contributed by atoms with E-state index in [9.17, 15) is 4.79 Å². The van der Waals surface area contributed by atoms with Gasteiger partial charge in [0.15, 0.2) is 6.29 Å². The minimum atomic E-state index is 0.664. The molecule has 0 aliphatic rings. The third kappa shape index (κ3) is 1.63. The summed E-state index contributed by atoms with van der Waals surface area (Å²) in [6.07, 6.45) is 0.880. The number of fused-ring (bicyclic) bond motifs is 1. The lowest BCUT2D eigenvalue weighted by Gasteiger charge is -2.01. The minimum Gasteiger partial charge on any atom is -0.494 e. The van der Waals surface area contributed by atoms with Crippen LogP contribution >= 0.6 is 11.3 Å². The van der Waals surface area contributed by atoms with E-state index in [0.717, 1.165) is 27.0 Å². The average Bonchev–Trinajstić information content (AvgIpc) is 2.60. The van der Waals surface area contributed by atoms with Crippen molar-refractivity contribution >= 4 is 27.7 Å². The molecule has 1 heterocycles. The van der Waals surface area contributed by atoms with Crippen molar-refractivity contribution in [2.24, 2.45) is 0 Å². The normalized spacial score (nSPS) is 10.4. The van der Waals surface area contributed by atoms with Gasteiger partial charge < -0.3 is 4.74 Å². The molecule has 0 saturated carbocycles. The van der Waals surface area contributed by atoms with Crippen LogP contribution in [0.2, 0.25) is 0 Å². The first-order valence-electron chi connectivity index (χ1n) is 4.45. The summed E-state index contributed by atoms with van der Waals surface area (Å²) in [4.78, 5) is 11.3. The molecule has 0 atom stereocenters. The fourth-order valence-corrected chi connectivity index (χ4v) is 2.25. The van der Waals surface area contributed by atoms with Crippen LogP contribution in [0.1, 0.15) is 16.6 Å². The Kier molecular flexibility index (Phi) is 2.50. The van der Waals surface area contributed by atoms with Crippen LogP contribution < -0.4 is 4.74 Å². The molecule has 0 unspecified atom stereocenters. The first-order valence-corrected chi connectivity index (χ1v) is 5.26. The monoisotopic (exact) mass is 206 g/mol. The number of ether oxygens (including phenoxy) is 1. The zero-order valence-electron chi connectivity index (χ0n) is 7.82. The van der Waals surface area contributed by atoms with E-state index in [1.165, 1.54) is 11.3 Å². The van der Waals surface area contributed by atoms with Gasteiger partial charge in [-0.1, -0.05) is 0 Å². The molecule has 2 aromatic rings. The van der Waals surface area contributed by atoms with Gasteiger partial charge in [-0.25, -0.2) is 0 Å². The number of carbonyl (C=O) groups is 1. The van der Waals surface area contributed by atoms with Crippen molar-refractivity contribution in [3.05, 3.63) is 29.1 Å². The first kappa shape index (κ1) is 9.21. The molecule has 0 fully saturated rings. The Hall–Kier alpha value is -1.35. The van der Waals surface area contributed by atoms with E-state index in [1.54, 1.807) is 0 Å². The lowest BCUT2D eigenvalue weighted by molar-refractivity contribution is 0.112. The Morgan fingerprint density at radius 1 is 1.43 bits per heavy atom. The van der Waals surface area contributed by atoms with Gasteiger partial charge in [-0.15, -0.1) is 11.3 Å². The lowest BCUT2D eigenvalue weighted by Crippen LogP contribution is -1.89. The van der Waals surface area contributed by atoms with Gasteiger partial charge in [-0.3, -0.25) is 4.79 Å². The van der Waals surface area contributed by atoms with Gasteiger partial charge in [0.25, 0.3) is 0 Å². The third-order valence-electron chi connectivity index (χ3n) is 1.94. The zero-order chi connectivity index (χ0) is 9.97. The predicted octanol–water partition coefficient (Wildman–Crippen LogP) is 3.11. The first-order chi connectivity index (χ1) is 6.83. The molecule has 0 aliphatic carbocycles.